The minimum atomic E-state index is -0.0551. The van der Waals surface area contributed by atoms with Crippen molar-refractivity contribution in [1.29, 1.82) is 0 Å². The van der Waals surface area contributed by atoms with Gasteiger partial charge in [0.05, 0.1) is 6.54 Å². The number of hydrogen-bond donors (Lipinski definition) is 0. The fourth-order valence-electron chi connectivity index (χ4n) is 5.93. The molecule has 2 heterocycles. The van der Waals surface area contributed by atoms with Crippen LogP contribution in [0.25, 0.3) is 0 Å². The van der Waals surface area contributed by atoms with Gasteiger partial charge in [0.2, 0.25) is 12.2 Å². The molecule has 2 atom stereocenters. The second-order valence-corrected chi connectivity index (χ2v) is 11.3. The molecule has 4 heteroatoms. The van der Waals surface area contributed by atoms with Gasteiger partial charge >= 0.3 is 0 Å². The highest BCUT2D eigenvalue weighted by molar-refractivity contribution is 5.78. The zero-order valence-electron chi connectivity index (χ0n) is 20.0. The largest absolute Gasteiger partial charge is 0.339 e. The Kier molecular flexibility index (Phi) is 6.43. The molecule has 0 spiro atoms. The van der Waals surface area contributed by atoms with E-state index in [1.54, 1.807) is 0 Å². The third-order valence-electron chi connectivity index (χ3n) is 7.36. The van der Waals surface area contributed by atoms with Crippen LogP contribution in [0.4, 0.5) is 0 Å². The first-order valence-electron chi connectivity index (χ1n) is 11.1. The van der Waals surface area contributed by atoms with Crippen LogP contribution < -0.4 is 4.57 Å². The van der Waals surface area contributed by atoms with E-state index in [9.17, 15) is 4.79 Å². The predicted molar refractivity (Wildman–Crippen MR) is 116 cm³/mol. The van der Waals surface area contributed by atoms with E-state index in [-0.39, 0.29) is 22.3 Å². The lowest BCUT2D eigenvalue weighted by atomic mass is 9.54. The quantitative estimate of drug-likeness (QED) is 0.597. The van der Waals surface area contributed by atoms with Crippen molar-refractivity contribution in [2.45, 2.75) is 101 Å². The SMILES string of the molecule is CC[n+]1ccn(C(C(C)(C)C)C(C)(C)C(C)(C)C(C(C)C)N2CCCC2=O)c1. The number of amides is 1. The molecule has 1 aliphatic heterocycles. The second-order valence-electron chi connectivity index (χ2n) is 11.3. The average molecular weight is 391 g/mol. The van der Waals surface area contributed by atoms with Gasteiger partial charge in [-0.3, -0.25) is 4.79 Å². The van der Waals surface area contributed by atoms with Crippen molar-refractivity contribution in [3.05, 3.63) is 18.7 Å². The Bertz CT molecular complexity index is 678. The molecule has 0 aromatic carbocycles. The summed E-state index contributed by atoms with van der Waals surface area (Å²) in [7, 11) is 0. The van der Waals surface area contributed by atoms with E-state index in [2.05, 4.69) is 102 Å². The smallest absolute Gasteiger partial charge is 0.244 e. The van der Waals surface area contributed by atoms with Gasteiger partial charge in [0.15, 0.2) is 0 Å². The summed E-state index contributed by atoms with van der Waals surface area (Å²) in [6.07, 6.45) is 8.35. The normalized spacial score (nSPS) is 18.8. The van der Waals surface area contributed by atoms with Crippen LogP contribution in [-0.4, -0.2) is 28.0 Å². The summed E-state index contributed by atoms with van der Waals surface area (Å²) >= 11 is 0. The van der Waals surface area contributed by atoms with E-state index >= 15 is 0 Å². The molecule has 0 radical (unpaired) electrons. The molecule has 1 fully saturated rings. The molecule has 28 heavy (non-hydrogen) atoms. The first-order valence-corrected chi connectivity index (χ1v) is 11.1. The fraction of sp³-hybridized carbons (Fsp3) is 0.833. The Hall–Kier alpha value is -1.32. The topological polar surface area (TPSA) is 29.1 Å². The van der Waals surface area contributed by atoms with Crippen LogP contribution in [0.3, 0.4) is 0 Å². The summed E-state index contributed by atoms with van der Waals surface area (Å²) < 4.78 is 4.65. The molecule has 0 aliphatic carbocycles. The maximum Gasteiger partial charge on any atom is 0.244 e. The molecule has 4 nitrogen and oxygen atoms in total. The van der Waals surface area contributed by atoms with Crippen molar-refractivity contribution < 1.29 is 9.36 Å². The number of aromatic nitrogens is 2. The lowest BCUT2D eigenvalue weighted by Crippen LogP contribution is -2.58. The summed E-state index contributed by atoms with van der Waals surface area (Å²) in [5.41, 5.74) is -0.00398. The van der Waals surface area contributed by atoms with E-state index in [4.69, 9.17) is 0 Å². The van der Waals surface area contributed by atoms with Crippen molar-refractivity contribution in [2.75, 3.05) is 6.54 Å². The van der Waals surface area contributed by atoms with E-state index < -0.39 is 0 Å². The lowest BCUT2D eigenvalue weighted by molar-refractivity contribution is -0.693. The maximum absolute atomic E-state index is 12.7. The van der Waals surface area contributed by atoms with E-state index in [1.165, 1.54) is 0 Å². The summed E-state index contributed by atoms with van der Waals surface area (Å²) in [5, 5.41) is 0. The molecular formula is C24H44N3O+. The maximum atomic E-state index is 12.7. The molecule has 1 aliphatic rings. The standard InChI is InChI=1S/C24H44N3O/c1-11-25-15-16-26(17-25)21(22(4,5)6)24(9,10)23(7,8)20(18(2)3)27-14-12-13-19(27)28/h15-18,20-21H,11-14H2,1-10H3/q+1. The number of imidazole rings is 1. The Labute approximate surface area is 173 Å². The summed E-state index contributed by atoms with van der Waals surface area (Å²) in [4.78, 5) is 14.9. The number of nitrogens with zero attached hydrogens (tertiary/aromatic N) is 3. The number of carbonyl (C=O) groups excluding carboxylic acids is 1. The van der Waals surface area contributed by atoms with Crippen LogP contribution >= 0.6 is 0 Å². The van der Waals surface area contributed by atoms with Gasteiger partial charge in [0.25, 0.3) is 0 Å². The monoisotopic (exact) mass is 390 g/mol. The average Bonchev–Trinajstić information content (AvgIpc) is 3.15. The Morgan fingerprint density at radius 3 is 2.07 bits per heavy atom. The molecule has 2 rings (SSSR count). The van der Waals surface area contributed by atoms with Crippen LogP contribution in [0.2, 0.25) is 0 Å². The van der Waals surface area contributed by atoms with E-state index in [0.29, 0.717) is 24.3 Å². The van der Waals surface area contributed by atoms with Gasteiger partial charge in [-0.05, 0) is 24.7 Å². The van der Waals surface area contributed by atoms with Crippen molar-refractivity contribution in [3.8, 4) is 0 Å². The minimum absolute atomic E-state index is 0.0341. The molecule has 1 amide bonds. The number of likely N-dealkylation sites (tertiary alicyclic amines) is 1. The van der Waals surface area contributed by atoms with Gasteiger partial charge in [0.1, 0.15) is 18.4 Å². The van der Waals surface area contributed by atoms with Crippen LogP contribution in [0.15, 0.2) is 18.7 Å². The highest BCUT2D eigenvalue weighted by Gasteiger charge is 2.56. The Morgan fingerprint density at radius 1 is 1.07 bits per heavy atom. The van der Waals surface area contributed by atoms with Crippen molar-refractivity contribution in [2.24, 2.45) is 22.2 Å². The fourth-order valence-corrected chi connectivity index (χ4v) is 5.93. The minimum Gasteiger partial charge on any atom is -0.339 e. The summed E-state index contributed by atoms with van der Waals surface area (Å²) in [6.45, 7) is 25.3. The summed E-state index contributed by atoms with van der Waals surface area (Å²) in [5.74, 6) is 0.752. The molecule has 1 saturated heterocycles. The van der Waals surface area contributed by atoms with Crippen molar-refractivity contribution in [3.63, 3.8) is 0 Å². The first-order chi connectivity index (χ1) is 12.7. The lowest BCUT2D eigenvalue weighted by Gasteiger charge is -2.55. The highest BCUT2D eigenvalue weighted by Crippen LogP contribution is 2.56. The molecule has 1 aromatic rings. The number of rotatable bonds is 7. The third-order valence-corrected chi connectivity index (χ3v) is 7.36. The van der Waals surface area contributed by atoms with Gasteiger partial charge < -0.3 is 4.90 Å². The number of aryl methyl sites for hydroxylation is 1. The van der Waals surface area contributed by atoms with Crippen molar-refractivity contribution >= 4 is 5.91 Å². The molecule has 2 unspecified atom stereocenters. The molecule has 0 saturated carbocycles. The Morgan fingerprint density at radius 2 is 1.68 bits per heavy atom. The van der Waals surface area contributed by atoms with Crippen LogP contribution in [0.1, 0.15) is 88.1 Å². The second kappa shape index (κ2) is 7.84. The van der Waals surface area contributed by atoms with Gasteiger partial charge in [-0.2, -0.15) is 0 Å². The van der Waals surface area contributed by atoms with Gasteiger partial charge in [-0.25, -0.2) is 9.13 Å². The zero-order chi connectivity index (χ0) is 21.5. The van der Waals surface area contributed by atoms with Crippen LogP contribution in [0.5, 0.6) is 0 Å². The molecule has 0 bridgehead atoms. The Balaban J connectivity index is 2.55. The van der Waals surface area contributed by atoms with E-state index in [1.807, 2.05) is 0 Å². The predicted octanol–water partition coefficient (Wildman–Crippen LogP) is 5.08. The molecular weight excluding hydrogens is 346 g/mol. The van der Waals surface area contributed by atoms with Crippen LogP contribution in [-0.2, 0) is 11.3 Å². The van der Waals surface area contributed by atoms with E-state index in [0.717, 1.165) is 19.5 Å². The van der Waals surface area contributed by atoms with Gasteiger partial charge in [-0.1, -0.05) is 62.3 Å². The molecule has 0 N–H and O–H groups in total. The number of hydrogen-bond acceptors (Lipinski definition) is 1. The van der Waals surface area contributed by atoms with Crippen LogP contribution in [0, 0.1) is 22.2 Å². The zero-order valence-corrected chi connectivity index (χ0v) is 20.0. The molecule has 1 aromatic heterocycles. The summed E-state index contributed by atoms with van der Waals surface area (Å²) in [6, 6.07) is 0.540. The first kappa shape index (κ1) is 23.0. The van der Waals surface area contributed by atoms with Gasteiger partial charge in [-0.15, -0.1) is 0 Å². The molecule has 160 valence electrons. The number of carbonyl (C=O) groups is 1. The third kappa shape index (κ3) is 4.02. The van der Waals surface area contributed by atoms with Crippen molar-refractivity contribution in [1.82, 2.24) is 9.47 Å². The van der Waals surface area contributed by atoms with Gasteiger partial charge in [0, 0.05) is 29.8 Å². The highest BCUT2D eigenvalue weighted by atomic mass is 16.2.